The van der Waals surface area contributed by atoms with E-state index < -0.39 is 30.3 Å². The molecule has 0 aromatic carbocycles. The maximum Gasteiger partial charge on any atom is 0.482 e. The highest BCUT2D eigenvalue weighted by Gasteiger charge is 2.55. The van der Waals surface area contributed by atoms with Gasteiger partial charge in [0.05, 0.1) is 0 Å². The minimum atomic E-state index is -4.88. The predicted molar refractivity (Wildman–Crippen MR) is 46.8 cm³/mol. The van der Waals surface area contributed by atoms with Crippen LogP contribution in [0.4, 0.5) is 12.9 Å². The molecule has 1 saturated carbocycles. The van der Waals surface area contributed by atoms with E-state index in [1.54, 1.807) is 20.8 Å². The van der Waals surface area contributed by atoms with Crippen LogP contribution < -0.4 is 0 Å². The summed E-state index contributed by atoms with van der Waals surface area (Å²) in [6.45, 7) is 0.0439. The van der Waals surface area contributed by atoms with Gasteiger partial charge >= 0.3 is 12.9 Å². The molecule has 0 aromatic heterocycles. The Bertz CT molecular complexity index is 244. The zero-order chi connectivity index (χ0) is 11.1. The van der Waals surface area contributed by atoms with Gasteiger partial charge in [0.1, 0.15) is 5.60 Å². The molecule has 0 radical (unpaired) electrons. The van der Waals surface area contributed by atoms with Crippen molar-refractivity contribution in [2.75, 3.05) is 0 Å². The van der Waals surface area contributed by atoms with Crippen molar-refractivity contribution in [3.05, 3.63) is 0 Å². The van der Waals surface area contributed by atoms with Crippen LogP contribution in [0.25, 0.3) is 0 Å². The molecule has 0 spiro atoms. The first kappa shape index (κ1) is 11.4. The average molecular weight is 209 g/mol. The highest BCUT2D eigenvalue weighted by Crippen LogP contribution is 2.54. The van der Waals surface area contributed by atoms with Crippen molar-refractivity contribution in [3.8, 4) is 0 Å². The van der Waals surface area contributed by atoms with Crippen LogP contribution in [0.1, 0.15) is 27.2 Å². The van der Waals surface area contributed by atoms with Gasteiger partial charge in [-0.1, -0.05) is 12.2 Å². The zero-order valence-corrected chi connectivity index (χ0v) is 8.39. The Labute approximate surface area is 80.9 Å². The molecule has 1 aliphatic rings. The molecule has 6 heteroatoms. The Morgan fingerprint density at radius 3 is 2.14 bits per heavy atom. The summed E-state index contributed by atoms with van der Waals surface area (Å²) in [6.07, 6.45) is -0.0988. The Morgan fingerprint density at radius 1 is 1.36 bits per heavy atom. The zero-order valence-electron chi connectivity index (χ0n) is 8.39. The van der Waals surface area contributed by atoms with E-state index in [2.05, 4.69) is 0 Å². The highest BCUT2D eigenvalue weighted by molar-refractivity contribution is 6.61. The molecule has 0 saturated heterocycles. The van der Waals surface area contributed by atoms with Crippen molar-refractivity contribution in [2.24, 2.45) is 5.92 Å². The van der Waals surface area contributed by atoms with E-state index in [1.165, 1.54) is 0 Å². The van der Waals surface area contributed by atoms with Gasteiger partial charge in [0.25, 0.3) is 0 Å². The van der Waals surface area contributed by atoms with Gasteiger partial charge in [-0.25, -0.2) is 0 Å². The number of hydrogen-bond donors (Lipinski definition) is 0. The maximum atomic E-state index is 12.1. The van der Waals surface area contributed by atoms with E-state index >= 15 is 0 Å². The molecule has 0 amide bonds. The van der Waals surface area contributed by atoms with E-state index in [4.69, 9.17) is 4.74 Å². The second-order valence-corrected chi connectivity index (χ2v) is 4.66. The molecule has 0 aromatic rings. The van der Waals surface area contributed by atoms with Crippen molar-refractivity contribution in [1.29, 1.82) is 0 Å². The smallest absolute Gasteiger partial charge is 0.460 e. The van der Waals surface area contributed by atoms with E-state index in [1.807, 2.05) is 0 Å². The molecule has 0 N–H and O–H groups in total. The Balaban J connectivity index is 2.45. The lowest BCUT2D eigenvalue weighted by Gasteiger charge is -2.20. The molecular weight excluding hydrogens is 196 g/mol. The third-order valence-corrected chi connectivity index (χ3v) is 2.03. The van der Waals surface area contributed by atoms with Gasteiger partial charge in [0, 0.05) is 5.92 Å². The quantitative estimate of drug-likeness (QED) is 0.516. The molecule has 0 aliphatic heterocycles. The van der Waals surface area contributed by atoms with Gasteiger partial charge in [0.15, 0.2) is 0 Å². The fourth-order valence-electron chi connectivity index (χ4n) is 1.28. The number of esters is 1. The van der Waals surface area contributed by atoms with Crippen LogP contribution in [0.2, 0.25) is 5.82 Å². The third kappa shape index (κ3) is 2.92. The SMILES string of the molecule is CC(C)(C)OC(=O)[C@@H]1C[C@H]1[B-](F)(F)F. The highest BCUT2D eigenvalue weighted by atomic mass is 19.4. The average Bonchev–Trinajstić information content (AvgIpc) is 2.55. The van der Waals surface area contributed by atoms with Crippen molar-refractivity contribution in [2.45, 2.75) is 38.6 Å². The predicted octanol–water partition coefficient (Wildman–Crippen LogP) is 2.57. The lowest BCUT2D eigenvalue weighted by molar-refractivity contribution is -0.156. The summed E-state index contributed by atoms with van der Waals surface area (Å²) in [5.74, 6) is -3.10. The number of rotatable bonds is 2. The van der Waals surface area contributed by atoms with E-state index in [9.17, 15) is 17.7 Å². The normalized spacial score (nSPS) is 27.3. The van der Waals surface area contributed by atoms with Crippen LogP contribution in [0.3, 0.4) is 0 Å². The van der Waals surface area contributed by atoms with Gasteiger partial charge in [0.2, 0.25) is 0 Å². The van der Waals surface area contributed by atoms with Crippen LogP contribution in [-0.4, -0.2) is 18.5 Å². The molecule has 82 valence electrons. The molecule has 2 nitrogen and oxygen atoms in total. The number of hydrogen-bond acceptors (Lipinski definition) is 2. The Morgan fingerprint density at radius 2 is 1.86 bits per heavy atom. The molecule has 1 aliphatic carbocycles. The van der Waals surface area contributed by atoms with Gasteiger partial charge in [-0.3, -0.25) is 4.79 Å². The van der Waals surface area contributed by atoms with Crippen molar-refractivity contribution >= 4 is 12.9 Å². The first-order valence-electron chi connectivity index (χ1n) is 4.54. The van der Waals surface area contributed by atoms with Gasteiger partial charge in [-0.2, -0.15) is 0 Å². The maximum absolute atomic E-state index is 12.1. The minimum absolute atomic E-state index is 0.0988. The summed E-state index contributed by atoms with van der Waals surface area (Å²) in [7, 11) is 0. The minimum Gasteiger partial charge on any atom is -0.460 e. The van der Waals surface area contributed by atoms with Crippen LogP contribution in [0, 0.1) is 5.92 Å². The van der Waals surface area contributed by atoms with Crippen LogP contribution in [0.5, 0.6) is 0 Å². The first-order chi connectivity index (χ1) is 6.11. The summed E-state index contributed by atoms with van der Waals surface area (Å²) >= 11 is 0. The summed E-state index contributed by atoms with van der Waals surface area (Å²) in [6, 6.07) is 0. The lowest BCUT2D eigenvalue weighted by atomic mass is 9.82. The molecule has 1 fully saturated rings. The van der Waals surface area contributed by atoms with Crippen molar-refractivity contribution in [1.82, 2.24) is 0 Å². The molecule has 0 heterocycles. The fourth-order valence-corrected chi connectivity index (χ4v) is 1.28. The summed E-state index contributed by atoms with van der Waals surface area (Å²) < 4.78 is 41.3. The van der Waals surface area contributed by atoms with Gasteiger partial charge in [-0.15, -0.1) is 0 Å². The topological polar surface area (TPSA) is 26.3 Å². The van der Waals surface area contributed by atoms with Crippen LogP contribution in [0.15, 0.2) is 0 Å². The number of carbonyl (C=O) groups is 1. The number of halogens is 3. The van der Waals surface area contributed by atoms with E-state index in [-0.39, 0.29) is 6.42 Å². The van der Waals surface area contributed by atoms with E-state index in [0.717, 1.165) is 0 Å². The summed E-state index contributed by atoms with van der Waals surface area (Å²) in [5.41, 5.74) is -0.706. The van der Waals surface area contributed by atoms with Gasteiger partial charge < -0.3 is 17.7 Å². The Hall–Kier alpha value is -0.675. The van der Waals surface area contributed by atoms with E-state index in [0.29, 0.717) is 0 Å². The third-order valence-electron chi connectivity index (χ3n) is 2.03. The summed E-state index contributed by atoms with van der Waals surface area (Å²) in [4.78, 5) is 11.2. The molecule has 2 atom stereocenters. The Kier molecular flexibility index (Phi) is 2.58. The number of ether oxygens (including phenoxy) is 1. The molecule has 0 bridgehead atoms. The van der Waals surface area contributed by atoms with Crippen LogP contribution in [-0.2, 0) is 9.53 Å². The monoisotopic (exact) mass is 209 g/mol. The van der Waals surface area contributed by atoms with Gasteiger partial charge in [-0.05, 0) is 20.8 Å². The molecule has 1 rings (SSSR count). The fraction of sp³-hybridized carbons (Fsp3) is 0.875. The first-order valence-corrected chi connectivity index (χ1v) is 4.54. The number of carbonyl (C=O) groups excluding carboxylic acids is 1. The standard InChI is InChI=1S/C8H13BF3O2/c1-8(2,3)14-7(13)5-4-6(5)9(10,11)12/h5-6H,4H2,1-3H3/q-1/t5-,6-/m1/s1. The molecule has 14 heavy (non-hydrogen) atoms. The molecule has 0 unspecified atom stereocenters. The van der Waals surface area contributed by atoms with Crippen molar-refractivity contribution < 1.29 is 22.5 Å². The lowest BCUT2D eigenvalue weighted by Crippen LogP contribution is -2.26. The second-order valence-electron chi connectivity index (χ2n) is 4.66. The second kappa shape index (κ2) is 3.17. The van der Waals surface area contributed by atoms with Crippen molar-refractivity contribution in [3.63, 3.8) is 0 Å². The largest absolute Gasteiger partial charge is 0.482 e. The molecular formula is C8H13BF3O2-. The summed E-state index contributed by atoms with van der Waals surface area (Å²) in [5, 5.41) is 0. The van der Waals surface area contributed by atoms with Crippen LogP contribution >= 0.6 is 0 Å².